The number of amides is 1. The van der Waals surface area contributed by atoms with Crippen molar-refractivity contribution < 1.29 is 14.1 Å². The Morgan fingerprint density at radius 3 is 2.71 bits per heavy atom. The Balaban J connectivity index is 1.66. The second kappa shape index (κ2) is 7.40. The molecule has 0 fully saturated rings. The molecular weight excluding hydrogens is 418 g/mol. The molecule has 0 saturated carbocycles. The van der Waals surface area contributed by atoms with E-state index in [1.807, 2.05) is 30.5 Å². The van der Waals surface area contributed by atoms with Crippen LogP contribution in [0.4, 0.5) is 5.69 Å². The number of nitro benzene ring substituents is 1. The zero-order chi connectivity index (χ0) is 21.5. The van der Waals surface area contributed by atoms with Crippen molar-refractivity contribution in [2.75, 3.05) is 6.26 Å². The van der Waals surface area contributed by atoms with Crippen LogP contribution < -0.4 is 15.9 Å². The first kappa shape index (κ1) is 19.1. The maximum atomic E-state index is 12.9. The van der Waals surface area contributed by atoms with Crippen LogP contribution >= 0.6 is 11.8 Å². The van der Waals surface area contributed by atoms with Crippen LogP contribution in [0.2, 0.25) is 0 Å². The van der Waals surface area contributed by atoms with E-state index in [-0.39, 0.29) is 11.6 Å². The molecule has 2 aliphatic heterocycles. The molecule has 0 radical (unpaired) electrons. The third-order valence-corrected chi connectivity index (χ3v) is 5.53. The minimum absolute atomic E-state index is 0.0541. The van der Waals surface area contributed by atoms with E-state index in [4.69, 9.17) is 9.41 Å². The molecule has 2 aliphatic rings. The molecule has 31 heavy (non-hydrogen) atoms. The predicted molar refractivity (Wildman–Crippen MR) is 115 cm³/mol. The smallest absolute Gasteiger partial charge is 0.280 e. The lowest BCUT2D eigenvalue weighted by atomic mass is 10.1. The van der Waals surface area contributed by atoms with Gasteiger partial charge in [0.2, 0.25) is 6.17 Å². The van der Waals surface area contributed by atoms with Gasteiger partial charge in [-0.15, -0.1) is 5.10 Å². The Labute approximate surface area is 179 Å². The molecule has 9 nitrogen and oxygen atoms in total. The summed E-state index contributed by atoms with van der Waals surface area (Å²) in [6.07, 6.45) is 1.09. The monoisotopic (exact) mass is 433 g/mol. The molecule has 0 aliphatic carbocycles. The normalized spacial score (nSPS) is 17.3. The molecular formula is C21H15N5O4S. The lowest BCUT2D eigenvalue weighted by molar-refractivity contribution is -0.384. The molecule has 0 bridgehead atoms. The van der Waals surface area contributed by atoms with Crippen molar-refractivity contribution in [2.24, 2.45) is 10.1 Å². The molecule has 2 aromatic carbocycles. The summed E-state index contributed by atoms with van der Waals surface area (Å²) >= 11 is 1.31. The molecule has 1 amide bonds. The zero-order valence-corrected chi connectivity index (χ0v) is 17.0. The molecule has 3 heterocycles. The highest BCUT2D eigenvalue weighted by Gasteiger charge is 2.36. The second-order valence-corrected chi connectivity index (χ2v) is 7.55. The van der Waals surface area contributed by atoms with Crippen molar-refractivity contribution >= 4 is 34.2 Å². The van der Waals surface area contributed by atoms with E-state index in [0.717, 1.165) is 0 Å². The summed E-state index contributed by atoms with van der Waals surface area (Å²) in [4.78, 5) is 28.6. The number of rotatable bonds is 3. The summed E-state index contributed by atoms with van der Waals surface area (Å²) in [5.74, 6) is 0.477. The van der Waals surface area contributed by atoms with Gasteiger partial charge < -0.3 is 4.42 Å². The van der Waals surface area contributed by atoms with Gasteiger partial charge in [0.25, 0.3) is 11.6 Å². The average Bonchev–Trinajstić information content (AvgIpc) is 3.28. The highest BCUT2D eigenvalue weighted by Crippen LogP contribution is 2.36. The molecule has 0 unspecified atom stereocenters. The number of nitrogens with one attached hydrogen (secondary N) is 1. The molecule has 0 spiro atoms. The van der Waals surface area contributed by atoms with E-state index in [9.17, 15) is 14.9 Å². The molecule has 0 saturated heterocycles. The number of hydrazone groups is 1. The van der Waals surface area contributed by atoms with Crippen LogP contribution in [0, 0.1) is 10.1 Å². The molecule has 5 rings (SSSR count). The van der Waals surface area contributed by atoms with Gasteiger partial charge >= 0.3 is 0 Å². The number of para-hydroxylation sites is 2. The molecule has 1 atom stereocenters. The SMILES string of the molecule is CSC1=NN2C(=c3ccccc3=N[C@H]2c2ccc(-c3ccccc3[N+](=O)[O-])o2)C(=O)N1. The maximum absolute atomic E-state index is 12.9. The van der Waals surface area contributed by atoms with Crippen LogP contribution in [0.25, 0.3) is 17.0 Å². The highest BCUT2D eigenvalue weighted by atomic mass is 32.2. The molecule has 3 aromatic rings. The predicted octanol–water partition coefficient (Wildman–Crippen LogP) is 2.36. The van der Waals surface area contributed by atoms with E-state index in [2.05, 4.69) is 10.4 Å². The number of hydrogen-bond acceptors (Lipinski definition) is 8. The zero-order valence-electron chi connectivity index (χ0n) is 16.2. The van der Waals surface area contributed by atoms with Crippen LogP contribution in [0.5, 0.6) is 0 Å². The molecule has 10 heteroatoms. The first-order valence-electron chi connectivity index (χ1n) is 9.30. The van der Waals surface area contributed by atoms with E-state index in [1.54, 1.807) is 30.3 Å². The minimum Gasteiger partial charge on any atom is -0.456 e. The van der Waals surface area contributed by atoms with Crippen LogP contribution in [-0.2, 0) is 4.79 Å². The summed E-state index contributed by atoms with van der Waals surface area (Å²) < 4.78 is 6.01. The number of amidine groups is 1. The Morgan fingerprint density at radius 2 is 1.90 bits per heavy atom. The Bertz CT molecular complexity index is 1380. The average molecular weight is 433 g/mol. The number of hydrogen-bond donors (Lipinski definition) is 1. The van der Waals surface area contributed by atoms with Gasteiger partial charge in [0.1, 0.15) is 11.5 Å². The fourth-order valence-electron chi connectivity index (χ4n) is 3.58. The number of fused-ring (bicyclic) bond motifs is 2. The standard InChI is InChI=1S/C21H15N5O4S/c1-31-21-23-20(27)18-12-6-2-4-8-14(12)22-19(25(18)24-21)17-11-10-16(30-17)13-7-3-5-9-15(13)26(28)29/h2-11,19H,1H3,(H,23,24,27)/t19-/m1/s1. The second-order valence-electron chi connectivity index (χ2n) is 6.75. The third kappa shape index (κ3) is 3.17. The van der Waals surface area contributed by atoms with Crippen LogP contribution in [0.3, 0.4) is 0 Å². The summed E-state index contributed by atoms with van der Waals surface area (Å²) in [6.45, 7) is 0. The Hall–Kier alpha value is -3.92. The first-order chi connectivity index (χ1) is 15.1. The number of nitro groups is 1. The summed E-state index contributed by atoms with van der Waals surface area (Å²) in [5.41, 5.74) is 0.683. The number of benzene rings is 2. The maximum Gasteiger partial charge on any atom is 0.280 e. The first-order valence-corrected chi connectivity index (χ1v) is 10.5. The van der Waals surface area contributed by atoms with Crippen molar-refractivity contribution in [3.05, 3.63) is 87.1 Å². The number of nitrogens with zero attached hydrogens (tertiary/aromatic N) is 4. The van der Waals surface area contributed by atoms with Crippen molar-refractivity contribution in [1.29, 1.82) is 0 Å². The van der Waals surface area contributed by atoms with E-state index in [0.29, 0.717) is 38.5 Å². The van der Waals surface area contributed by atoms with E-state index < -0.39 is 11.1 Å². The Morgan fingerprint density at radius 1 is 1.13 bits per heavy atom. The van der Waals surface area contributed by atoms with E-state index >= 15 is 0 Å². The van der Waals surface area contributed by atoms with Gasteiger partial charge in [0.05, 0.1) is 15.8 Å². The number of carbonyl (C=O) groups excluding carboxylic acids is 1. The fourth-order valence-corrected chi connectivity index (χ4v) is 3.95. The number of thioether (sulfide) groups is 1. The van der Waals surface area contributed by atoms with Gasteiger partial charge in [-0.3, -0.25) is 20.2 Å². The lowest BCUT2D eigenvalue weighted by Crippen LogP contribution is -2.50. The van der Waals surface area contributed by atoms with Crippen LogP contribution in [-0.4, -0.2) is 27.3 Å². The largest absolute Gasteiger partial charge is 0.456 e. The van der Waals surface area contributed by atoms with Crippen molar-refractivity contribution in [3.8, 4) is 11.3 Å². The van der Waals surface area contributed by atoms with Crippen molar-refractivity contribution in [2.45, 2.75) is 6.17 Å². The molecule has 1 aromatic heterocycles. The van der Waals surface area contributed by atoms with Crippen LogP contribution in [0.1, 0.15) is 11.9 Å². The molecule has 1 N–H and O–H groups in total. The summed E-state index contributed by atoms with van der Waals surface area (Å²) in [5, 5.41) is 22.0. The third-order valence-electron chi connectivity index (χ3n) is 4.96. The van der Waals surface area contributed by atoms with Gasteiger partial charge in [-0.05, 0) is 30.5 Å². The van der Waals surface area contributed by atoms with Crippen LogP contribution in [0.15, 0.2) is 75.2 Å². The quantitative estimate of drug-likeness (QED) is 0.501. The van der Waals surface area contributed by atoms with Crippen molar-refractivity contribution in [1.82, 2.24) is 10.3 Å². The molecule has 154 valence electrons. The van der Waals surface area contributed by atoms with Gasteiger partial charge in [0, 0.05) is 11.3 Å². The van der Waals surface area contributed by atoms with Gasteiger partial charge in [-0.1, -0.05) is 42.1 Å². The summed E-state index contributed by atoms with van der Waals surface area (Å²) in [7, 11) is 0. The van der Waals surface area contributed by atoms with Crippen molar-refractivity contribution in [3.63, 3.8) is 0 Å². The summed E-state index contributed by atoms with van der Waals surface area (Å²) in [6, 6.07) is 17.0. The topological polar surface area (TPSA) is 113 Å². The van der Waals surface area contributed by atoms with Gasteiger partial charge in [0.15, 0.2) is 10.9 Å². The highest BCUT2D eigenvalue weighted by molar-refractivity contribution is 8.13. The number of furan rings is 1. The fraction of sp³-hybridized carbons (Fsp3) is 0.0952. The minimum atomic E-state index is -0.727. The van der Waals surface area contributed by atoms with Gasteiger partial charge in [-0.2, -0.15) is 0 Å². The van der Waals surface area contributed by atoms with Gasteiger partial charge in [-0.25, -0.2) is 10.0 Å². The lowest BCUT2D eigenvalue weighted by Gasteiger charge is -2.32. The van der Waals surface area contributed by atoms with E-state index in [1.165, 1.54) is 22.8 Å². The Kier molecular flexibility index (Phi) is 4.55. The number of carbonyl (C=O) groups is 1.